The Morgan fingerprint density at radius 1 is 1.42 bits per heavy atom. The van der Waals surface area contributed by atoms with E-state index in [1.54, 1.807) is 11.3 Å². The number of halogens is 1. The number of para-hydroxylation sites is 1. The lowest BCUT2D eigenvalue weighted by molar-refractivity contribution is 0.342. The van der Waals surface area contributed by atoms with Crippen LogP contribution in [0, 0.1) is 0 Å². The molecule has 0 bridgehead atoms. The summed E-state index contributed by atoms with van der Waals surface area (Å²) in [5, 5.41) is 2.14. The minimum atomic E-state index is 0.620. The summed E-state index contributed by atoms with van der Waals surface area (Å²) in [6.07, 6.45) is 0. The first kappa shape index (κ1) is 14.2. The van der Waals surface area contributed by atoms with Crippen molar-refractivity contribution >= 4 is 38.6 Å². The Balaban J connectivity index is 2.18. The van der Waals surface area contributed by atoms with E-state index in [1.807, 2.05) is 32.2 Å². The molecule has 0 aliphatic heterocycles. The lowest BCUT2D eigenvalue weighted by Crippen LogP contribution is -2.17. The number of nitrogens with zero attached hydrogens (tertiary/aromatic N) is 1. The van der Waals surface area contributed by atoms with Crippen LogP contribution < -0.4 is 15.4 Å². The molecule has 2 N–H and O–H groups in total. The van der Waals surface area contributed by atoms with Crippen LogP contribution in [0.5, 0.6) is 5.75 Å². The zero-order valence-electron chi connectivity index (χ0n) is 11.0. The Hall–Kier alpha value is -1.20. The monoisotopic (exact) mass is 340 g/mol. The van der Waals surface area contributed by atoms with Gasteiger partial charge in [0.2, 0.25) is 0 Å². The average molecular weight is 341 g/mol. The highest BCUT2D eigenvalue weighted by atomic mass is 79.9. The lowest BCUT2D eigenvalue weighted by Gasteiger charge is -2.22. The van der Waals surface area contributed by atoms with Crippen molar-refractivity contribution in [2.75, 3.05) is 24.3 Å². The fourth-order valence-corrected chi connectivity index (χ4v) is 3.13. The summed E-state index contributed by atoms with van der Waals surface area (Å²) in [6, 6.07) is 8.01. The van der Waals surface area contributed by atoms with E-state index in [1.165, 1.54) is 5.56 Å². The maximum absolute atomic E-state index is 6.16. The first-order valence-electron chi connectivity index (χ1n) is 6.07. The van der Waals surface area contributed by atoms with Crippen LogP contribution in [0.1, 0.15) is 12.5 Å². The third-order valence-corrected chi connectivity index (χ3v) is 4.35. The summed E-state index contributed by atoms with van der Waals surface area (Å²) < 4.78 is 6.67. The summed E-state index contributed by atoms with van der Waals surface area (Å²) in [6.45, 7) is 3.40. The second-order valence-electron chi connectivity index (χ2n) is 4.24. The van der Waals surface area contributed by atoms with Crippen LogP contribution in [0.25, 0.3) is 0 Å². The van der Waals surface area contributed by atoms with Crippen LogP contribution in [-0.4, -0.2) is 13.7 Å². The van der Waals surface area contributed by atoms with Gasteiger partial charge in [-0.25, -0.2) is 0 Å². The van der Waals surface area contributed by atoms with Crippen molar-refractivity contribution in [2.24, 2.45) is 0 Å². The van der Waals surface area contributed by atoms with E-state index in [9.17, 15) is 0 Å². The highest BCUT2D eigenvalue weighted by Crippen LogP contribution is 2.33. The van der Waals surface area contributed by atoms with Crippen LogP contribution in [0.3, 0.4) is 0 Å². The SMILES string of the molecule is CCOc1cccc(N(C)Cc2csc(Br)c2)c1N. The first-order valence-corrected chi connectivity index (χ1v) is 7.74. The van der Waals surface area contributed by atoms with E-state index >= 15 is 0 Å². The van der Waals surface area contributed by atoms with Crippen LogP contribution in [-0.2, 0) is 6.54 Å². The Morgan fingerprint density at radius 3 is 2.84 bits per heavy atom. The predicted molar refractivity (Wildman–Crippen MR) is 86.1 cm³/mol. The van der Waals surface area contributed by atoms with Gasteiger partial charge in [0.15, 0.2) is 0 Å². The molecule has 1 heterocycles. The van der Waals surface area contributed by atoms with E-state index in [-0.39, 0.29) is 0 Å². The number of benzene rings is 1. The van der Waals surface area contributed by atoms with Gasteiger partial charge in [0.25, 0.3) is 0 Å². The van der Waals surface area contributed by atoms with Crippen LogP contribution in [0.15, 0.2) is 33.4 Å². The van der Waals surface area contributed by atoms with Crippen molar-refractivity contribution in [1.29, 1.82) is 0 Å². The van der Waals surface area contributed by atoms with Gasteiger partial charge in [0.05, 0.1) is 21.8 Å². The van der Waals surface area contributed by atoms with Crippen molar-refractivity contribution < 1.29 is 4.74 Å². The Labute approximate surface area is 126 Å². The standard InChI is InChI=1S/C14H17BrN2OS/c1-3-18-12-6-4-5-11(14(12)16)17(2)8-10-7-13(15)19-9-10/h4-7,9H,3,8,16H2,1-2H3. The molecule has 0 saturated carbocycles. The van der Waals surface area contributed by atoms with Crippen molar-refractivity contribution in [3.8, 4) is 5.75 Å². The minimum Gasteiger partial charge on any atom is -0.492 e. The summed E-state index contributed by atoms with van der Waals surface area (Å²) in [4.78, 5) is 2.13. The summed E-state index contributed by atoms with van der Waals surface area (Å²) >= 11 is 5.17. The molecular weight excluding hydrogens is 324 g/mol. The largest absolute Gasteiger partial charge is 0.492 e. The number of anilines is 2. The number of nitrogens with two attached hydrogens (primary N) is 1. The van der Waals surface area contributed by atoms with Crippen molar-refractivity contribution in [2.45, 2.75) is 13.5 Å². The maximum atomic E-state index is 6.16. The van der Waals surface area contributed by atoms with Crippen LogP contribution in [0.4, 0.5) is 11.4 Å². The minimum absolute atomic E-state index is 0.620. The average Bonchev–Trinajstić information content (AvgIpc) is 2.77. The molecule has 0 amide bonds. The number of nitrogen functional groups attached to an aromatic ring is 1. The van der Waals surface area contributed by atoms with Crippen LogP contribution >= 0.6 is 27.3 Å². The fraction of sp³-hybridized carbons (Fsp3) is 0.286. The molecule has 5 heteroatoms. The topological polar surface area (TPSA) is 38.5 Å². The van der Waals surface area contributed by atoms with Gasteiger partial charge in [-0.05, 0) is 52.0 Å². The second kappa shape index (κ2) is 6.30. The third-order valence-electron chi connectivity index (χ3n) is 2.80. The Bertz CT molecular complexity index is 556. The molecule has 0 spiro atoms. The lowest BCUT2D eigenvalue weighted by atomic mass is 10.2. The highest BCUT2D eigenvalue weighted by molar-refractivity contribution is 9.11. The van der Waals surface area contributed by atoms with E-state index in [0.29, 0.717) is 12.3 Å². The van der Waals surface area contributed by atoms with Gasteiger partial charge < -0.3 is 15.4 Å². The molecule has 2 rings (SSSR count). The fourth-order valence-electron chi connectivity index (χ4n) is 1.93. The van der Waals surface area contributed by atoms with E-state index in [2.05, 4.69) is 32.3 Å². The highest BCUT2D eigenvalue weighted by Gasteiger charge is 2.10. The molecule has 2 aromatic rings. The van der Waals surface area contributed by atoms with E-state index < -0.39 is 0 Å². The number of hydrogen-bond donors (Lipinski definition) is 1. The Morgan fingerprint density at radius 2 is 2.21 bits per heavy atom. The third kappa shape index (κ3) is 3.42. The smallest absolute Gasteiger partial charge is 0.144 e. The first-order chi connectivity index (χ1) is 9.11. The quantitative estimate of drug-likeness (QED) is 0.831. The molecule has 1 aromatic carbocycles. The van der Waals surface area contributed by atoms with Gasteiger partial charge >= 0.3 is 0 Å². The van der Waals surface area contributed by atoms with E-state index in [0.717, 1.165) is 21.8 Å². The van der Waals surface area contributed by atoms with Crippen LogP contribution in [0.2, 0.25) is 0 Å². The number of rotatable bonds is 5. The Kier molecular flexibility index (Phi) is 4.71. The predicted octanol–water partition coefficient (Wildman–Crippen LogP) is 4.13. The van der Waals surface area contributed by atoms with Crippen molar-refractivity contribution in [3.05, 3.63) is 39.0 Å². The van der Waals surface area contributed by atoms with Crippen molar-refractivity contribution in [1.82, 2.24) is 0 Å². The molecule has 102 valence electrons. The molecule has 3 nitrogen and oxygen atoms in total. The molecule has 0 fully saturated rings. The number of hydrogen-bond acceptors (Lipinski definition) is 4. The van der Waals surface area contributed by atoms with Crippen molar-refractivity contribution in [3.63, 3.8) is 0 Å². The molecular formula is C14H17BrN2OS. The molecule has 0 aliphatic rings. The maximum Gasteiger partial charge on any atom is 0.144 e. The normalized spacial score (nSPS) is 10.5. The number of thiophene rings is 1. The van der Waals surface area contributed by atoms with Gasteiger partial charge in [-0.2, -0.15) is 0 Å². The van der Waals surface area contributed by atoms with E-state index in [4.69, 9.17) is 10.5 Å². The summed E-state index contributed by atoms with van der Waals surface area (Å²) in [5.41, 5.74) is 9.11. The number of ether oxygens (including phenoxy) is 1. The van der Waals surface area contributed by atoms with Gasteiger partial charge in [0.1, 0.15) is 5.75 Å². The zero-order chi connectivity index (χ0) is 13.8. The molecule has 0 aliphatic carbocycles. The summed E-state index contributed by atoms with van der Waals surface area (Å²) in [7, 11) is 2.03. The molecule has 0 atom stereocenters. The van der Waals surface area contributed by atoms with Gasteiger partial charge in [-0.3, -0.25) is 0 Å². The van der Waals surface area contributed by atoms with Gasteiger partial charge in [-0.15, -0.1) is 11.3 Å². The molecule has 19 heavy (non-hydrogen) atoms. The summed E-state index contributed by atoms with van der Waals surface area (Å²) in [5.74, 6) is 0.748. The molecule has 0 radical (unpaired) electrons. The second-order valence-corrected chi connectivity index (χ2v) is 6.53. The molecule has 0 saturated heterocycles. The molecule has 1 aromatic heterocycles. The molecule has 0 unspecified atom stereocenters. The zero-order valence-corrected chi connectivity index (χ0v) is 13.4. The van der Waals surface area contributed by atoms with Gasteiger partial charge in [0, 0.05) is 13.6 Å². The van der Waals surface area contributed by atoms with Gasteiger partial charge in [-0.1, -0.05) is 6.07 Å².